The minimum atomic E-state index is -4.77. The van der Waals surface area contributed by atoms with Crippen molar-refractivity contribution in [3.05, 3.63) is 0 Å². The number of carboxylic acids is 1. The van der Waals surface area contributed by atoms with Crippen molar-refractivity contribution in [2.24, 2.45) is 0 Å². The van der Waals surface area contributed by atoms with Crippen molar-refractivity contribution in [2.45, 2.75) is 57.1 Å². The van der Waals surface area contributed by atoms with Gasteiger partial charge in [0.25, 0.3) is 10.1 Å². The minimum Gasteiger partial charge on any atom is -1.00 e. The molecule has 0 saturated heterocycles. The zero-order chi connectivity index (χ0) is 15.6. The SMILES string of the molecule is CCCCCCCCOC(=O)C(CC(=O)O)S(=O)(=O)O.[H-].[Na+]. The summed E-state index contributed by atoms with van der Waals surface area (Å²) in [6, 6.07) is 0. The number of rotatable bonds is 11. The molecule has 0 heterocycles. The Morgan fingerprint density at radius 3 is 2.14 bits per heavy atom. The molecule has 0 saturated carbocycles. The van der Waals surface area contributed by atoms with Gasteiger partial charge in [-0.05, 0) is 6.42 Å². The smallest absolute Gasteiger partial charge is 1.00 e. The topological polar surface area (TPSA) is 118 Å². The fourth-order valence-electron chi connectivity index (χ4n) is 1.62. The molecule has 0 radical (unpaired) electrons. The molecule has 0 aromatic rings. The van der Waals surface area contributed by atoms with Crippen LogP contribution in [0.5, 0.6) is 0 Å². The third kappa shape index (κ3) is 12.1. The second-order valence-electron chi connectivity index (χ2n) is 4.54. The number of ether oxygens (including phenoxy) is 1. The van der Waals surface area contributed by atoms with Crippen LogP contribution in [0, 0.1) is 0 Å². The second kappa shape index (κ2) is 12.4. The number of unbranched alkanes of at least 4 members (excludes halogenated alkanes) is 5. The molecule has 0 aliphatic heterocycles. The van der Waals surface area contributed by atoms with Crippen molar-refractivity contribution in [3.63, 3.8) is 0 Å². The van der Waals surface area contributed by atoms with Crippen molar-refractivity contribution >= 4 is 22.1 Å². The Morgan fingerprint density at radius 2 is 1.67 bits per heavy atom. The Hall–Kier alpha value is -0.150. The number of carbonyl (C=O) groups excluding carboxylic acids is 1. The average Bonchev–Trinajstić information content (AvgIpc) is 2.33. The van der Waals surface area contributed by atoms with Gasteiger partial charge in [-0.2, -0.15) is 8.42 Å². The van der Waals surface area contributed by atoms with Crippen LogP contribution in [0.3, 0.4) is 0 Å². The molecule has 0 rings (SSSR count). The summed E-state index contributed by atoms with van der Waals surface area (Å²) >= 11 is 0. The van der Waals surface area contributed by atoms with E-state index in [0.29, 0.717) is 6.42 Å². The van der Waals surface area contributed by atoms with Crippen LogP contribution < -0.4 is 29.6 Å². The van der Waals surface area contributed by atoms with E-state index in [9.17, 15) is 18.0 Å². The van der Waals surface area contributed by atoms with Gasteiger partial charge in [0.15, 0.2) is 5.25 Å². The van der Waals surface area contributed by atoms with Crippen molar-refractivity contribution in [2.75, 3.05) is 6.61 Å². The summed E-state index contributed by atoms with van der Waals surface area (Å²) in [5.41, 5.74) is 0. The van der Waals surface area contributed by atoms with Crippen LogP contribution >= 0.6 is 0 Å². The number of carbonyl (C=O) groups is 2. The Kier molecular flexibility index (Phi) is 13.7. The van der Waals surface area contributed by atoms with Crippen LogP contribution in [0.15, 0.2) is 0 Å². The molecule has 1 unspecified atom stereocenters. The number of hydrogen-bond donors (Lipinski definition) is 2. The number of aliphatic carboxylic acids is 1. The number of carboxylic acid groups (broad SMARTS) is 1. The number of hydrogen-bond acceptors (Lipinski definition) is 5. The Bertz CT molecular complexity index is 414. The van der Waals surface area contributed by atoms with E-state index in [1.807, 2.05) is 0 Å². The van der Waals surface area contributed by atoms with E-state index in [0.717, 1.165) is 32.1 Å². The first-order valence-corrected chi connectivity index (χ1v) is 8.14. The summed E-state index contributed by atoms with van der Waals surface area (Å²) in [5, 5.41) is 6.45. The van der Waals surface area contributed by atoms with Crippen LogP contribution in [-0.2, 0) is 24.4 Å². The van der Waals surface area contributed by atoms with Gasteiger partial charge >= 0.3 is 41.5 Å². The van der Waals surface area contributed by atoms with Gasteiger partial charge in [-0.3, -0.25) is 14.1 Å². The molecule has 0 aromatic heterocycles. The van der Waals surface area contributed by atoms with Crippen LogP contribution in [0.25, 0.3) is 0 Å². The van der Waals surface area contributed by atoms with Gasteiger partial charge in [-0.1, -0.05) is 39.0 Å². The van der Waals surface area contributed by atoms with Gasteiger partial charge in [0.05, 0.1) is 13.0 Å². The maximum Gasteiger partial charge on any atom is 1.00 e. The first kappa shape index (κ1) is 23.1. The van der Waals surface area contributed by atoms with Gasteiger partial charge in [-0.25, -0.2) is 0 Å². The molecule has 0 amide bonds. The Labute approximate surface area is 149 Å². The molecule has 1 atom stereocenters. The molecule has 9 heteroatoms. The van der Waals surface area contributed by atoms with Crippen LogP contribution in [0.4, 0.5) is 0 Å². The van der Waals surface area contributed by atoms with E-state index >= 15 is 0 Å². The van der Waals surface area contributed by atoms with Crippen LogP contribution in [-0.4, -0.2) is 41.9 Å². The third-order valence-electron chi connectivity index (χ3n) is 2.72. The van der Waals surface area contributed by atoms with Crippen LogP contribution in [0.2, 0.25) is 0 Å². The summed E-state index contributed by atoms with van der Waals surface area (Å²) in [6.07, 6.45) is 4.79. The fraction of sp³-hybridized carbons (Fsp3) is 0.833. The van der Waals surface area contributed by atoms with E-state index < -0.39 is 33.7 Å². The predicted molar refractivity (Wildman–Crippen MR) is 73.0 cm³/mol. The molecule has 0 fully saturated rings. The second-order valence-corrected chi connectivity index (χ2v) is 6.14. The quantitative estimate of drug-likeness (QED) is 0.209. The molecule has 2 N–H and O–H groups in total. The third-order valence-corrected chi connectivity index (χ3v) is 3.80. The molecule has 0 aromatic carbocycles. The standard InChI is InChI=1S/C12H22O7S.Na.H/c1-2-3-4-5-6-7-8-19-12(15)10(9-11(13)14)20(16,17)18;;/h10H,2-9H2,1H3,(H,13,14)(H,16,17,18);;/q;+1;-1. The van der Waals surface area contributed by atoms with E-state index in [2.05, 4.69) is 6.92 Å². The summed E-state index contributed by atoms with van der Waals surface area (Å²) in [4.78, 5) is 21.9. The molecular formula is C12H23NaO7S. The van der Waals surface area contributed by atoms with Crippen molar-refractivity contribution < 1.29 is 63.4 Å². The maximum absolute atomic E-state index is 11.4. The zero-order valence-corrected chi connectivity index (χ0v) is 15.4. The van der Waals surface area contributed by atoms with E-state index in [1.165, 1.54) is 0 Å². The molecule has 120 valence electrons. The normalized spacial score (nSPS) is 12.3. The monoisotopic (exact) mass is 334 g/mol. The fourth-order valence-corrected chi connectivity index (χ4v) is 2.28. The number of esters is 1. The molecule has 0 bridgehead atoms. The average molecular weight is 334 g/mol. The first-order valence-electron chi connectivity index (χ1n) is 6.63. The largest absolute Gasteiger partial charge is 1.00 e. The van der Waals surface area contributed by atoms with Gasteiger partial charge in [-0.15, -0.1) is 0 Å². The minimum absolute atomic E-state index is 0. The van der Waals surface area contributed by atoms with Crippen molar-refractivity contribution in [1.82, 2.24) is 0 Å². The van der Waals surface area contributed by atoms with Crippen molar-refractivity contribution in [3.8, 4) is 0 Å². The van der Waals surface area contributed by atoms with Crippen LogP contribution in [0.1, 0.15) is 53.3 Å². The predicted octanol–water partition coefficient (Wildman–Crippen LogP) is -1.26. The summed E-state index contributed by atoms with van der Waals surface area (Å²) < 4.78 is 35.3. The van der Waals surface area contributed by atoms with Gasteiger partial charge in [0.1, 0.15) is 0 Å². The molecule has 0 aliphatic carbocycles. The Balaban J connectivity index is -0.00000180. The van der Waals surface area contributed by atoms with Gasteiger partial charge < -0.3 is 11.3 Å². The molecule has 0 spiro atoms. The molecular weight excluding hydrogens is 311 g/mol. The maximum atomic E-state index is 11.4. The Morgan fingerprint density at radius 1 is 1.14 bits per heavy atom. The summed E-state index contributed by atoms with van der Waals surface area (Å²) in [6.45, 7) is 2.12. The van der Waals surface area contributed by atoms with E-state index in [1.54, 1.807) is 0 Å². The zero-order valence-electron chi connectivity index (χ0n) is 13.6. The first-order chi connectivity index (χ1) is 9.29. The van der Waals surface area contributed by atoms with E-state index in [-0.39, 0.29) is 37.6 Å². The summed E-state index contributed by atoms with van der Waals surface area (Å²) in [5.74, 6) is -2.72. The molecule has 0 aliphatic rings. The van der Waals surface area contributed by atoms with Gasteiger partial charge in [0.2, 0.25) is 0 Å². The molecule has 21 heavy (non-hydrogen) atoms. The summed E-state index contributed by atoms with van der Waals surface area (Å²) in [7, 11) is -4.77. The molecule has 7 nitrogen and oxygen atoms in total. The van der Waals surface area contributed by atoms with E-state index in [4.69, 9.17) is 14.4 Å². The van der Waals surface area contributed by atoms with Gasteiger partial charge in [0, 0.05) is 0 Å². The van der Waals surface area contributed by atoms with Crippen molar-refractivity contribution in [1.29, 1.82) is 0 Å².